The number of oxime groups is 1. The lowest BCUT2D eigenvalue weighted by Gasteiger charge is -2.61. The third kappa shape index (κ3) is 4.41. The summed E-state index contributed by atoms with van der Waals surface area (Å²) in [5, 5.41) is 4.11. The topological polar surface area (TPSA) is 58.3 Å². The summed E-state index contributed by atoms with van der Waals surface area (Å²) in [5.41, 5.74) is 7.26. The molecule has 0 saturated carbocycles. The largest absolute Gasteiger partial charge is 0.396 e. The summed E-state index contributed by atoms with van der Waals surface area (Å²) in [6, 6.07) is 11.9. The molecule has 2 aliphatic rings. The highest BCUT2D eigenvalue weighted by Crippen LogP contribution is 2.42. The molecule has 0 radical (unpaired) electrons. The van der Waals surface area contributed by atoms with E-state index in [1.165, 1.54) is 17.4 Å². The minimum atomic E-state index is -0.933. The van der Waals surface area contributed by atoms with Crippen LogP contribution in [0, 0.1) is 30.9 Å². The molecule has 7 nitrogen and oxygen atoms in total. The number of hydrogen-bond acceptors (Lipinski definition) is 6. The van der Waals surface area contributed by atoms with Crippen LogP contribution in [0.5, 0.6) is 0 Å². The van der Waals surface area contributed by atoms with Crippen LogP contribution < -0.4 is 4.90 Å². The van der Waals surface area contributed by atoms with Gasteiger partial charge in [0.2, 0.25) is 0 Å². The molecule has 38 heavy (non-hydrogen) atoms. The Morgan fingerprint density at radius 2 is 1.84 bits per heavy atom. The van der Waals surface area contributed by atoms with E-state index in [1.54, 1.807) is 0 Å². The summed E-state index contributed by atoms with van der Waals surface area (Å²) < 4.78 is 29.4. The Bertz CT molecular complexity index is 1520. The molecule has 0 amide bonds. The van der Waals surface area contributed by atoms with Crippen molar-refractivity contribution in [3.8, 4) is 0 Å². The lowest BCUT2D eigenvalue weighted by Crippen LogP contribution is -2.71. The Morgan fingerprint density at radius 1 is 1.03 bits per heavy atom. The van der Waals surface area contributed by atoms with Gasteiger partial charge in [0.05, 0.1) is 11.4 Å². The van der Waals surface area contributed by atoms with Crippen molar-refractivity contribution in [3.63, 3.8) is 0 Å². The molecule has 0 atom stereocenters. The molecule has 0 N–H and O–H groups in total. The van der Waals surface area contributed by atoms with Gasteiger partial charge in [0.1, 0.15) is 18.0 Å². The van der Waals surface area contributed by atoms with Gasteiger partial charge >= 0.3 is 0 Å². The highest BCUT2D eigenvalue weighted by Gasteiger charge is 2.51. The lowest BCUT2D eigenvalue weighted by molar-refractivity contribution is -0.0273. The maximum atomic E-state index is 13.8. The molecule has 1 aromatic carbocycles. The Morgan fingerprint density at radius 3 is 2.55 bits per heavy atom. The van der Waals surface area contributed by atoms with Gasteiger partial charge in [-0.2, -0.15) is 0 Å². The number of aryl methyl sites for hydroxylation is 2. The zero-order valence-corrected chi connectivity index (χ0v) is 21.8. The second kappa shape index (κ2) is 9.47. The van der Waals surface area contributed by atoms with E-state index in [0.29, 0.717) is 29.0 Å². The van der Waals surface area contributed by atoms with Crippen molar-refractivity contribution in [2.24, 2.45) is 10.6 Å². The van der Waals surface area contributed by atoms with E-state index in [1.807, 2.05) is 32.2 Å². The van der Waals surface area contributed by atoms with Crippen LogP contribution in [-0.2, 0) is 11.4 Å². The first-order valence-corrected chi connectivity index (χ1v) is 12.9. The first-order valence-electron chi connectivity index (χ1n) is 12.9. The molecule has 5 heterocycles. The van der Waals surface area contributed by atoms with Gasteiger partial charge in [-0.25, -0.2) is 13.8 Å². The van der Waals surface area contributed by atoms with E-state index in [0.717, 1.165) is 61.8 Å². The predicted molar refractivity (Wildman–Crippen MR) is 142 cm³/mol. The maximum absolute atomic E-state index is 13.8. The van der Waals surface area contributed by atoms with E-state index in [2.05, 4.69) is 54.6 Å². The number of likely N-dealkylation sites (tertiary alicyclic amines) is 1. The highest BCUT2D eigenvalue weighted by molar-refractivity contribution is 6.11. The van der Waals surface area contributed by atoms with Gasteiger partial charge in [-0.15, -0.1) is 0 Å². The van der Waals surface area contributed by atoms with Crippen molar-refractivity contribution in [1.82, 2.24) is 19.3 Å². The molecule has 4 aromatic rings. The molecule has 2 fully saturated rings. The molecule has 1 spiro atoms. The van der Waals surface area contributed by atoms with Crippen LogP contribution in [0.2, 0.25) is 0 Å². The summed E-state index contributed by atoms with van der Waals surface area (Å²) in [7, 11) is 0. The standard InChI is InChI=1S/C29H30F2N6O/c1-4-38-34-28(22-6-7-24(30)25(31)11-22)26-8-5-21(13-32-26)14-35-15-29(16-35)17-36(18-29)23-9-10-37-20(3)19(2)33-27(37)12-23/h5-13H,4,14-18H2,1-3H3. The second-order valence-electron chi connectivity index (χ2n) is 10.4. The van der Waals surface area contributed by atoms with E-state index < -0.39 is 11.6 Å². The number of hydrogen-bond donors (Lipinski definition) is 0. The van der Waals surface area contributed by atoms with Gasteiger partial charge in [0, 0.05) is 73.5 Å². The fraction of sp³-hybridized carbons (Fsp3) is 0.345. The van der Waals surface area contributed by atoms with Crippen LogP contribution in [0.15, 0.2) is 60.0 Å². The molecule has 6 rings (SSSR count). The fourth-order valence-electron chi connectivity index (χ4n) is 5.57. The normalized spacial score (nSPS) is 17.1. The summed E-state index contributed by atoms with van der Waals surface area (Å²) in [5.74, 6) is -1.84. The number of aromatic nitrogens is 3. The van der Waals surface area contributed by atoms with Crippen LogP contribution in [0.25, 0.3) is 5.65 Å². The molecular weight excluding hydrogens is 486 g/mol. The lowest BCUT2D eigenvalue weighted by atomic mass is 9.72. The minimum Gasteiger partial charge on any atom is -0.396 e. The highest BCUT2D eigenvalue weighted by atomic mass is 19.2. The number of benzene rings is 1. The third-order valence-corrected chi connectivity index (χ3v) is 7.57. The number of anilines is 1. The van der Waals surface area contributed by atoms with Crippen LogP contribution in [0.3, 0.4) is 0 Å². The average molecular weight is 517 g/mol. The van der Waals surface area contributed by atoms with E-state index >= 15 is 0 Å². The number of halogens is 2. The predicted octanol–water partition coefficient (Wildman–Crippen LogP) is 4.74. The molecule has 3 aromatic heterocycles. The zero-order chi connectivity index (χ0) is 26.4. The first-order chi connectivity index (χ1) is 18.3. The Hall–Kier alpha value is -3.85. The van der Waals surface area contributed by atoms with Crippen molar-refractivity contribution in [1.29, 1.82) is 0 Å². The molecule has 9 heteroatoms. The molecule has 196 valence electrons. The second-order valence-corrected chi connectivity index (χ2v) is 10.4. The Labute approximate surface area is 220 Å². The van der Waals surface area contributed by atoms with E-state index in [-0.39, 0.29) is 0 Å². The maximum Gasteiger partial charge on any atom is 0.159 e. The van der Waals surface area contributed by atoms with Gasteiger partial charge in [-0.1, -0.05) is 11.2 Å². The van der Waals surface area contributed by atoms with Crippen LogP contribution >= 0.6 is 0 Å². The SMILES string of the molecule is CCON=C(c1ccc(F)c(F)c1)c1ccc(CN2CC3(C2)CN(c2ccn4c(C)c(C)nc4c2)C3)cn1. The summed E-state index contributed by atoms with van der Waals surface area (Å²) in [4.78, 5) is 19.3. The monoisotopic (exact) mass is 516 g/mol. The van der Waals surface area contributed by atoms with Crippen molar-refractivity contribution in [2.45, 2.75) is 27.3 Å². The van der Waals surface area contributed by atoms with Gasteiger partial charge < -0.3 is 14.1 Å². The van der Waals surface area contributed by atoms with Gasteiger partial charge in [0.25, 0.3) is 0 Å². The van der Waals surface area contributed by atoms with Crippen molar-refractivity contribution in [3.05, 3.63) is 94.7 Å². The van der Waals surface area contributed by atoms with E-state index in [4.69, 9.17) is 4.84 Å². The smallest absolute Gasteiger partial charge is 0.159 e. The summed E-state index contributed by atoms with van der Waals surface area (Å²) in [6.45, 7) is 11.4. The van der Waals surface area contributed by atoms with Crippen molar-refractivity contribution < 1.29 is 13.6 Å². The molecule has 2 saturated heterocycles. The molecule has 2 aliphatic heterocycles. The Kier molecular flexibility index (Phi) is 6.10. The van der Waals surface area contributed by atoms with Gasteiger partial charge in [0.15, 0.2) is 11.6 Å². The molecule has 0 aliphatic carbocycles. The quantitative estimate of drug-likeness (QED) is 0.263. The molecule has 0 bridgehead atoms. The number of nitrogens with zero attached hydrogens (tertiary/aromatic N) is 6. The van der Waals surface area contributed by atoms with Crippen LogP contribution in [0.1, 0.15) is 35.1 Å². The number of rotatable bonds is 7. The summed E-state index contributed by atoms with van der Waals surface area (Å²) in [6.07, 6.45) is 3.93. The Balaban J connectivity index is 1.07. The van der Waals surface area contributed by atoms with E-state index in [9.17, 15) is 8.78 Å². The number of imidazole rings is 1. The van der Waals surface area contributed by atoms with Gasteiger partial charge in [-0.05, 0) is 56.7 Å². The zero-order valence-electron chi connectivity index (χ0n) is 21.8. The van der Waals surface area contributed by atoms with Crippen molar-refractivity contribution >= 4 is 17.0 Å². The number of fused-ring (bicyclic) bond motifs is 1. The first kappa shape index (κ1) is 24.5. The van der Waals surface area contributed by atoms with Gasteiger partial charge in [-0.3, -0.25) is 9.88 Å². The minimum absolute atomic E-state index is 0.352. The average Bonchev–Trinajstić information content (AvgIpc) is 3.15. The van der Waals surface area contributed by atoms with Crippen LogP contribution in [0.4, 0.5) is 14.5 Å². The molecular formula is C29H30F2N6O. The summed E-state index contributed by atoms with van der Waals surface area (Å²) >= 11 is 0. The van der Waals surface area contributed by atoms with Crippen LogP contribution in [-0.4, -0.2) is 57.8 Å². The fourth-order valence-corrected chi connectivity index (χ4v) is 5.57. The molecule has 0 unspecified atom stereocenters. The number of pyridine rings is 2. The van der Waals surface area contributed by atoms with Crippen molar-refractivity contribution in [2.75, 3.05) is 37.7 Å². The third-order valence-electron chi connectivity index (χ3n) is 7.57.